The van der Waals surface area contributed by atoms with Crippen molar-refractivity contribution in [3.05, 3.63) is 23.7 Å². The second-order valence-electron chi connectivity index (χ2n) is 4.40. The zero-order valence-corrected chi connectivity index (χ0v) is 10.3. The number of hydrogen-bond donors (Lipinski definition) is 0. The van der Waals surface area contributed by atoms with E-state index in [1.165, 1.54) is 24.8 Å². The molecule has 0 unspecified atom stereocenters. The number of pyridine rings is 1. The summed E-state index contributed by atoms with van der Waals surface area (Å²) in [5, 5.41) is 0. The molecule has 0 aliphatic carbocycles. The molecule has 2 rings (SSSR count). The van der Waals surface area contributed by atoms with Crippen LogP contribution in [0.4, 0.5) is 0 Å². The lowest BCUT2D eigenvalue weighted by Crippen LogP contribution is -1.98. The van der Waals surface area contributed by atoms with E-state index >= 15 is 0 Å². The molecule has 0 aliphatic heterocycles. The van der Waals surface area contributed by atoms with Crippen LogP contribution >= 0.6 is 0 Å². The van der Waals surface area contributed by atoms with Gasteiger partial charge in [-0.2, -0.15) is 0 Å². The average molecular weight is 217 g/mol. The van der Waals surface area contributed by atoms with Crippen molar-refractivity contribution in [2.75, 3.05) is 0 Å². The van der Waals surface area contributed by atoms with Crippen LogP contribution in [0.3, 0.4) is 0 Å². The monoisotopic (exact) mass is 217 g/mol. The Hall–Kier alpha value is -1.38. The lowest BCUT2D eigenvalue weighted by molar-refractivity contribution is 0.675. The molecule has 2 aromatic heterocycles. The summed E-state index contributed by atoms with van der Waals surface area (Å²) in [4.78, 5) is 9.07. The molecular weight excluding hydrogens is 198 g/mol. The molecule has 3 nitrogen and oxygen atoms in total. The third-order valence-electron chi connectivity index (χ3n) is 2.94. The van der Waals surface area contributed by atoms with Gasteiger partial charge in [0.1, 0.15) is 11.3 Å². The first-order valence-corrected chi connectivity index (χ1v) is 6.00. The summed E-state index contributed by atoms with van der Waals surface area (Å²) in [5.41, 5.74) is 3.19. The number of aromatic nitrogens is 3. The van der Waals surface area contributed by atoms with Crippen molar-refractivity contribution in [1.29, 1.82) is 0 Å². The Labute approximate surface area is 96.5 Å². The first-order valence-electron chi connectivity index (χ1n) is 6.00. The molecule has 0 saturated carbocycles. The van der Waals surface area contributed by atoms with Gasteiger partial charge in [0.05, 0.1) is 0 Å². The highest BCUT2D eigenvalue weighted by atomic mass is 15.1. The number of nitrogens with zero attached hydrogens (tertiary/aromatic N) is 3. The molecule has 86 valence electrons. The predicted octanol–water partition coefficient (Wildman–Crippen LogP) is 3.01. The molecule has 2 aromatic rings. The van der Waals surface area contributed by atoms with Crippen LogP contribution in [0.15, 0.2) is 12.3 Å². The Morgan fingerprint density at radius 1 is 1.31 bits per heavy atom. The lowest BCUT2D eigenvalue weighted by atomic mass is 10.2. The summed E-state index contributed by atoms with van der Waals surface area (Å²) in [7, 11) is 2.05. The minimum atomic E-state index is 0.997. The van der Waals surface area contributed by atoms with E-state index in [1.807, 2.05) is 6.20 Å². The van der Waals surface area contributed by atoms with Crippen molar-refractivity contribution < 1.29 is 0 Å². The van der Waals surface area contributed by atoms with E-state index in [4.69, 9.17) is 0 Å². The second kappa shape index (κ2) is 4.64. The molecule has 0 amide bonds. The first kappa shape index (κ1) is 11.1. The number of aryl methyl sites for hydroxylation is 3. The van der Waals surface area contributed by atoms with Crippen LogP contribution < -0.4 is 0 Å². The fourth-order valence-electron chi connectivity index (χ4n) is 1.98. The third-order valence-corrected chi connectivity index (χ3v) is 2.94. The zero-order chi connectivity index (χ0) is 11.5. The van der Waals surface area contributed by atoms with Gasteiger partial charge in [0.25, 0.3) is 0 Å². The maximum Gasteiger partial charge on any atom is 0.159 e. The van der Waals surface area contributed by atoms with Crippen LogP contribution in [-0.2, 0) is 13.5 Å². The second-order valence-corrected chi connectivity index (χ2v) is 4.40. The van der Waals surface area contributed by atoms with E-state index in [9.17, 15) is 0 Å². The molecular formula is C13H19N3. The third kappa shape index (κ3) is 2.08. The van der Waals surface area contributed by atoms with Gasteiger partial charge in [0, 0.05) is 19.7 Å². The van der Waals surface area contributed by atoms with Crippen molar-refractivity contribution in [1.82, 2.24) is 14.5 Å². The van der Waals surface area contributed by atoms with Gasteiger partial charge in [-0.15, -0.1) is 0 Å². The SMILES string of the molecule is CCCCCc1nc2cc(C)cnc2n1C. The molecule has 0 radical (unpaired) electrons. The normalized spacial score (nSPS) is 11.2. The highest BCUT2D eigenvalue weighted by Crippen LogP contribution is 2.15. The number of unbranched alkanes of at least 4 members (excludes halogenated alkanes) is 2. The molecule has 0 fully saturated rings. The van der Waals surface area contributed by atoms with Crippen LogP contribution in [0, 0.1) is 6.92 Å². The molecule has 3 heteroatoms. The zero-order valence-electron chi connectivity index (χ0n) is 10.3. The van der Waals surface area contributed by atoms with Gasteiger partial charge in [0.15, 0.2) is 5.65 Å². The summed E-state index contributed by atoms with van der Waals surface area (Å²) in [6, 6.07) is 2.10. The van der Waals surface area contributed by atoms with Crippen molar-refractivity contribution in [3.63, 3.8) is 0 Å². The minimum absolute atomic E-state index is 0.997. The predicted molar refractivity (Wildman–Crippen MR) is 66.5 cm³/mol. The van der Waals surface area contributed by atoms with E-state index in [1.54, 1.807) is 0 Å². The van der Waals surface area contributed by atoms with Crippen molar-refractivity contribution >= 4 is 11.2 Å². The summed E-state index contributed by atoms with van der Waals surface area (Å²) in [6.45, 7) is 4.28. The van der Waals surface area contributed by atoms with Crippen molar-refractivity contribution in [2.45, 2.75) is 39.5 Å². The summed E-state index contributed by atoms with van der Waals surface area (Å²) in [6.07, 6.45) is 6.70. The van der Waals surface area contributed by atoms with Crippen LogP contribution in [0.5, 0.6) is 0 Å². The maximum absolute atomic E-state index is 4.65. The van der Waals surface area contributed by atoms with Crippen LogP contribution in [0.1, 0.15) is 37.6 Å². The summed E-state index contributed by atoms with van der Waals surface area (Å²) in [5.74, 6) is 1.15. The molecule has 2 heterocycles. The topological polar surface area (TPSA) is 30.7 Å². The first-order chi connectivity index (χ1) is 7.72. The van der Waals surface area contributed by atoms with Gasteiger partial charge in [0.2, 0.25) is 0 Å². The fraction of sp³-hybridized carbons (Fsp3) is 0.538. The summed E-state index contributed by atoms with van der Waals surface area (Å²) < 4.78 is 2.12. The Morgan fingerprint density at radius 3 is 2.88 bits per heavy atom. The van der Waals surface area contributed by atoms with Gasteiger partial charge >= 0.3 is 0 Å². The van der Waals surface area contributed by atoms with Crippen LogP contribution in [-0.4, -0.2) is 14.5 Å². The molecule has 16 heavy (non-hydrogen) atoms. The lowest BCUT2D eigenvalue weighted by Gasteiger charge is -2.00. The molecule has 0 aliphatic rings. The quantitative estimate of drug-likeness (QED) is 0.737. The van der Waals surface area contributed by atoms with Gasteiger partial charge in [-0.3, -0.25) is 0 Å². The van der Waals surface area contributed by atoms with Crippen molar-refractivity contribution in [3.8, 4) is 0 Å². The Morgan fingerprint density at radius 2 is 2.12 bits per heavy atom. The van der Waals surface area contributed by atoms with E-state index in [0.717, 1.165) is 23.4 Å². The smallest absolute Gasteiger partial charge is 0.159 e. The number of fused-ring (bicyclic) bond motifs is 1. The molecule has 0 spiro atoms. The van der Waals surface area contributed by atoms with Crippen LogP contribution in [0.2, 0.25) is 0 Å². The maximum atomic E-state index is 4.65. The fourth-order valence-corrected chi connectivity index (χ4v) is 1.98. The molecule has 0 N–H and O–H groups in total. The van der Waals surface area contributed by atoms with E-state index in [2.05, 4.69) is 41.5 Å². The van der Waals surface area contributed by atoms with E-state index in [0.29, 0.717) is 0 Å². The van der Waals surface area contributed by atoms with Gasteiger partial charge in [-0.05, 0) is 25.0 Å². The highest BCUT2D eigenvalue weighted by molar-refractivity contribution is 5.71. The number of imidazole rings is 1. The van der Waals surface area contributed by atoms with Gasteiger partial charge in [-0.1, -0.05) is 19.8 Å². The number of hydrogen-bond acceptors (Lipinski definition) is 2. The number of rotatable bonds is 4. The molecule has 0 bridgehead atoms. The van der Waals surface area contributed by atoms with Gasteiger partial charge in [-0.25, -0.2) is 9.97 Å². The van der Waals surface area contributed by atoms with E-state index < -0.39 is 0 Å². The molecule has 0 atom stereocenters. The van der Waals surface area contributed by atoms with Crippen LogP contribution in [0.25, 0.3) is 11.2 Å². The summed E-state index contributed by atoms with van der Waals surface area (Å²) >= 11 is 0. The largest absolute Gasteiger partial charge is 0.316 e. The molecule has 0 aromatic carbocycles. The standard InChI is InChI=1S/C13H19N3/c1-4-5-6-7-12-15-11-8-10(2)9-14-13(11)16(12)3/h8-9H,4-7H2,1-3H3. The van der Waals surface area contributed by atoms with Gasteiger partial charge < -0.3 is 4.57 Å². The Kier molecular flexibility index (Phi) is 3.22. The van der Waals surface area contributed by atoms with Crippen molar-refractivity contribution in [2.24, 2.45) is 7.05 Å². The molecule has 0 saturated heterocycles. The Balaban J connectivity index is 2.29. The minimum Gasteiger partial charge on any atom is -0.316 e. The Bertz CT molecular complexity index is 485. The average Bonchev–Trinajstić information content (AvgIpc) is 2.56. The van der Waals surface area contributed by atoms with E-state index in [-0.39, 0.29) is 0 Å². The highest BCUT2D eigenvalue weighted by Gasteiger charge is 2.08.